The molecule has 0 heterocycles. The van der Waals surface area contributed by atoms with E-state index in [1.165, 1.54) is 16.8 Å². The number of hydrogen-bond acceptors (Lipinski definition) is 3. The zero-order valence-corrected chi connectivity index (χ0v) is 10.1. The van der Waals surface area contributed by atoms with E-state index in [1.54, 1.807) is 7.11 Å². The first kappa shape index (κ1) is 11.2. The monoisotopic (exact) mass is 211 g/mol. The summed E-state index contributed by atoms with van der Waals surface area (Å²) in [6.45, 7) is 4.18. The van der Waals surface area contributed by atoms with Crippen LogP contribution in [0.15, 0.2) is 12.1 Å². The van der Waals surface area contributed by atoms with Crippen LogP contribution in [-0.4, -0.2) is 20.0 Å². The molecule has 78 valence electrons. The number of nitrogens with zero attached hydrogens (tertiary/aromatic N) is 1. The van der Waals surface area contributed by atoms with Gasteiger partial charge in [0.25, 0.3) is 0 Å². The van der Waals surface area contributed by atoms with E-state index in [2.05, 4.69) is 37.4 Å². The minimum atomic E-state index is 0.715. The van der Waals surface area contributed by atoms with Crippen molar-refractivity contribution < 1.29 is 4.74 Å². The van der Waals surface area contributed by atoms with Gasteiger partial charge in [0.2, 0.25) is 0 Å². The summed E-state index contributed by atoms with van der Waals surface area (Å²) in [6, 6.07) is 4.06. The summed E-state index contributed by atoms with van der Waals surface area (Å²) in [6.07, 6.45) is 0. The van der Waals surface area contributed by atoms with E-state index in [0.717, 1.165) is 5.75 Å². The molecule has 0 N–H and O–H groups in total. The minimum absolute atomic E-state index is 0.715. The van der Waals surface area contributed by atoms with Crippen LogP contribution in [0.2, 0.25) is 0 Å². The molecule has 0 fully saturated rings. The van der Waals surface area contributed by atoms with Crippen LogP contribution < -0.4 is 9.64 Å². The Balaban J connectivity index is 3.17. The molecule has 0 aliphatic heterocycles. The van der Waals surface area contributed by atoms with Crippen LogP contribution in [0.4, 0.5) is 5.69 Å². The van der Waals surface area contributed by atoms with Gasteiger partial charge in [-0.2, -0.15) is 12.6 Å². The normalized spacial score (nSPS) is 10.1. The average Bonchev–Trinajstić information content (AvgIpc) is 2.21. The van der Waals surface area contributed by atoms with Crippen LogP contribution in [-0.2, 0) is 0 Å². The Hall–Kier alpha value is -0.830. The second kappa shape index (κ2) is 4.60. The molecule has 0 bridgehead atoms. The van der Waals surface area contributed by atoms with Crippen LogP contribution in [0.5, 0.6) is 5.75 Å². The first-order chi connectivity index (χ1) is 6.61. The molecule has 0 saturated heterocycles. The summed E-state index contributed by atoms with van der Waals surface area (Å²) in [5.41, 5.74) is 3.65. The van der Waals surface area contributed by atoms with E-state index in [0.29, 0.717) is 5.88 Å². The van der Waals surface area contributed by atoms with Crippen LogP contribution in [0.1, 0.15) is 11.1 Å². The number of rotatable bonds is 3. The zero-order valence-electron chi connectivity index (χ0n) is 9.16. The van der Waals surface area contributed by atoms with E-state index in [9.17, 15) is 0 Å². The molecule has 0 spiro atoms. The maximum Gasteiger partial charge on any atom is 0.122 e. The molecule has 14 heavy (non-hydrogen) atoms. The second-order valence-electron chi connectivity index (χ2n) is 3.38. The summed E-state index contributed by atoms with van der Waals surface area (Å²) in [4.78, 5) is 2.10. The van der Waals surface area contributed by atoms with Crippen molar-refractivity contribution in [1.29, 1.82) is 0 Å². The summed E-state index contributed by atoms with van der Waals surface area (Å²) in [5.74, 6) is 1.66. The summed E-state index contributed by atoms with van der Waals surface area (Å²) in [7, 11) is 3.73. The Morgan fingerprint density at radius 3 is 2.43 bits per heavy atom. The topological polar surface area (TPSA) is 12.5 Å². The fourth-order valence-corrected chi connectivity index (χ4v) is 1.64. The number of anilines is 1. The predicted molar refractivity (Wildman–Crippen MR) is 64.7 cm³/mol. The van der Waals surface area contributed by atoms with Gasteiger partial charge in [-0.25, -0.2) is 0 Å². The molecule has 0 atom stereocenters. The van der Waals surface area contributed by atoms with Gasteiger partial charge in [0.05, 0.1) is 13.0 Å². The highest BCUT2D eigenvalue weighted by molar-refractivity contribution is 7.80. The fraction of sp³-hybridized carbons (Fsp3) is 0.455. The molecule has 0 unspecified atom stereocenters. The highest BCUT2D eigenvalue weighted by Crippen LogP contribution is 2.29. The number of ether oxygens (including phenoxy) is 1. The maximum atomic E-state index is 5.26. The van der Waals surface area contributed by atoms with Gasteiger partial charge in [0.15, 0.2) is 0 Å². The molecular formula is C11H17NOS. The first-order valence-electron chi connectivity index (χ1n) is 4.58. The zero-order chi connectivity index (χ0) is 10.7. The largest absolute Gasteiger partial charge is 0.496 e. The van der Waals surface area contributed by atoms with Crippen molar-refractivity contribution in [2.75, 3.05) is 24.9 Å². The molecule has 0 aromatic heterocycles. The molecule has 0 aliphatic rings. The van der Waals surface area contributed by atoms with Crippen molar-refractivity contribution in [3.63, 3.8) is 0 Å². The van der Waals surface area contributed by atoms with Crippen molar-refractivity contribution in [3.8, 4) is 5.75 Å². The van der Waals surface area contributed by atoms with Crippen molar-refractivity contribution in [3.05, 3.63) is 23.3 Å². The second-order valence-corrected chi connectivity index (χ2v) is 3.66. The Morgan fingerprint density at radius 2 is 1.93 bits per heavy atom. The van der Waals surface area contributed by atoms with Gasteiger partial charge < -0.3 is 9.64 Å². The van der Waals surface area contributed by atoms with Crippen molar-refractivity contribution in [2.24, 2.45) is 0 Å². The standard InChI is InChI=1S/C11H17NOS/c1-8-9(2)11(13-4)6-5-10(8)12(3)7-14/h5-6,14H,7H2,1-4H3. The van der Waals surface area contributed by atoms with E-state index >= 15 is 0 Å². The maximum absolute atomic E-state index is 5.26. The van der Waals surface area contributed by atoms with E-state index in [-0.39, 0.29) is 0 Å². The quantitative estimate of drug-likeness (QED) is 0.609. The van der Waals surface area contributed by atoms with Crippen LogP contribution in [0.3, 0.4) is 0 Å². The van der Waals surface area contributed by atoms with E-state index in [1.807, 2.05) is 13.1 Å². The molecule has 0 saturated carbocycles. The minimum Gasteiger partial charge on any atom is -0.496 e. The lowest BCUT2D eigenvalue weighted by Gasteiger charge is -2.21. The lowest BCUT2D eigenvalue weighted by molar-refractivity contribution is 0.411. The smallest absolute Gasteiger partial charge is 0.122 e. The van der Waals surface area contributed by atoms with Crippen molar-refractivity contribution in [2.45, 2.75) is 13.8 Å². The molecule has 1 aromatic rings. The predicted octanol–water partition coefficient (Wildman–Crippen LogP) is 2.64. The molecule has 2 nitrogen and oxygen atoms in total. The van der Waals surface area contributed by atoms with Gasteiger partial charge in [-0.05, 0) is 37.1 Å². The Labute approximate surface area is 91.3 Å². The average molecular weight is 211 g/mol. The van der Waals surface area contributed by atoms with Crippen LogP contribution >= 0.6 is 12.6 Å². The third kappa shape index (κ3) is 1.98. The molecule has 3 heteroatoms. The Kier molecular flexibility index (Phi) is 3.69. The van der Waals surface area contributed by atoms with Gasteiger partial charge in [-0.3, -0.25) is 0 Å². The van der Waals surface area contributed by atoms with Crippen LogP contribution in [0.25, 0.3) is 0 Å². The number of methoxy groups -OCH3 is 1. The van der Waals surface area contributed by atoms with Gasteiger partial charge >= 0.3 is 0 Å². The molecule has 0 radical (unpaired) electrons. The summed E-state index contributed by atoms with van der Waals surface area (Å²) in [5, 5.41) is 0. The lowest BCUT2D eigenvalue weighted by Crippen LogP contribution is -2.15. The van der Waals surface area contributed by atoms with E-state index in [4.69, 9.17) is 4.74 Å². The number of thiol groups is 1. The number of hydrogen-bond donors (Lipinski definition) is 1. The first-order valence-corrected chi connectivity index (χ1v) is 5.21. The van der Waals surface area contributed by atoms with E-state index < -0.39 is 0 Å². The van der Waals surface area contributed by atoms with Gasteiger partial charge in [0, 0.05) is 12.7 Å². The third-order valence-corrected chi connectivity index (χ3v) is 2.98. The molecule has 1 rings (SSSR count). The van der Waals surface area contributed by atoms with Crippen molar-refractivity contribution in [1.82, 2.24) is 0 Å². The van der Waals surface area contributed by atoms with Gasteiger partial charge in [0.1, 0.15) is 5.75 Å². The lowest BCUT2D eigenvalue weighted by atomic mass is 10.1. The summed E-state index contributed by atoms with van der Waals surface area (Å²) >= 11 is 4.25. The fourth-order valence-electron chi connectivity index (χ4n) is 1.49. The van der Waals surface area contributed by atoms with Gasteiger partial charge in [-0.15, -0.1) is 0 Å². The number of benzene rings is 1. The highest BCUT2D eigenvalue weighted by atomic mass is 32.1. The molecule has 0 aliphatic carbocycles. The Morgan fingerprint density at radius 1 is 1.29 bits per heavy atom. The van der Waals surface area contributed by atoms with Crippen LogP contribution in [0, 0.1) is 13.8 Å². The van der Waals surface area contributed by atoms with Gasteiger partial charge in [-0.1, -0.05) is 0 Å². The summed E-state index contributed by atoms with van der Waals surface area (Å²) < 4.78 is 5.26. The molecule has 1 aromatic carbocycles. The molecular weight excluding hydrogens is 194 g/mol. The highest BCUT2D eigenvalue weighted by Gasteiger charge is 2.08. The Bertz CT molecular complexity index is 325. The SMILES string of the molecule is COc1ccc(N(C)CS)c(C)c1C. The molecule has 0 amide bonds. The third-order valence-electron chi connectivity index (χ3n) is 2.55. The van der Waals surface area contributed by atoms with Crippen molar-refractivity contribution >= 4 is 18.3 Å².